The molecule has 2 aliphatic rings. The van der Waals surface area contributed by atoms with E-state index in [1.165, 1.54) is 22.3 Å². The summed E-state index contributed by atoms with van der Waals surface area (Å²) in [6.07, 6.45) is 9.26. The molecule has 2 aromatic rings. The van der Waals surface area contributed by atoms with E-state index in [1.807, 2.05) is 24.3 Å². The number of aryl methyl sites for hydroxylation is 2. The molecule has 0 radical (unpaired) electrons. The van der Waals surface area contributed by atoms with Crippen molar-refractivity contribution in [2.45, 2.75) is 194 Å². The van der Waals surface area contributed by atoms with Gasteiger partial charge in [0.1, 0.15) is 12.2 Å². The van der Waals surface area contributed by atoms with Crippen LogP contribution in [0.3, 0.4) is 0 Å². The van der Waals surface area contributed by atoms with Gasteiger partial charge < -0.3 is 9.47 Å². The third-order valence-electron chi connectivity index (χ3n) is 10.9. The topological polar surface area (TPSA) is 77.5 Å². The summed E-state index contributed by atoms with van der Waals surface area (Å²) >= 11 is 0. The zero-order valence-corrected chi connectivity index (χ0v) is 34.0. The van der Waals surface area contributed by atoms with Crippen LogP contribution < -0.4 is 0 Å². The quantitative estimate of drug-likeness (QED) is 0.118. The maximum absolute atomic E-state index is 12.8. The lowest BCUT2D eigenvalue weighted by Gasteiger charge is -2.53. The molecule has 0 aliphatic carbocycles. The summed E-state index contributed by atoms with van der Waals surface area (Å²) in [7, 11) is 0. The number of nitrogens with zero attached hydrogens (tertiary/aromatic N) is 2. The summed E-state index contributed by atoms with van der Waals surface area (Å²) in [4.78, 5) is 38.4. The van der Waals surface area contributed by atoms with E-state index in [4.69, 9.17) is 19.1 Å². The number of esters is 2. The van der Waals surface area contributed by atoms with Gasteiger partial charge in [-0.2, -0.15) is 10.1 Å². The summed E-state index contributed by atoms with van der Waals surface area (Å²) in [6, 6.07) is 16.6. The van der Waals surface area contributed by atoms with Crippen LogP contribution in [0.5, 0.6) is 0 Å². The summed E-state index contributed by atoms with van der Waals surface area (Å²) < 4.78 is 12.0. The lowest BCUT2D eigenvalue weighted by Crippen LogP contribution is -2.62. The van der Waals surface area contributed by atoms with Crippen LogP contribution in [0, 0.1) is 13.8 Å². The first-order valence-corrected chi connectivity index (χ1v) is 19.7. The molecular weight excluding hydrogens is 652 g/mol. The predicted molar refractivity (Wildman–Crippen MR) is 207 cm³/mol. The van der Waals surface area contributed by atoms with E-state index in [2.05, 4.69) is 104 Å². The van der Waals surface area contributed by atoms with E-state index < -0.39 is 0 Å². The molecule has 0 unspecified atom stereocenters. The number of piperidine rings is 2. The number of ether oxygens (including phenoxy) is 2. The molecule has 0 aromatic heterocycles. The number of benzene rings is 2. The van der Waals surface area contributed by atoms with Crippen LogP contribution in [0.15, 0.2) is 48.5 Å². The van der Waals surface area contributed by atoms with E-state index in [1.54, 1.807) is 0 Å². The van der Waals surface area contributed by atoms with Gasteiger partial charge in [-0.25, -0.2) is 0 Å². The van der Waals surface area contributed by atoms with Gasteiger partial charge in [-0.1, -0.05) is 74.2 Å². The summed E-state index contributed by atoms with van der Waals surface area (Å²) in [5.74, 6) is -0.215. The smallest absolute Gasteiger partial charge is 0.306 e. The SMILES string of the molecule is Cc1ccccc1CON1C(C)(C)CC(OC(=O)CCCCCCCCC(=O)OC2CC(C)(C)N(OCc3ccccc3C)C(C)(C)C2)CC1(C)C. The average molecular weight is 721 g/mol. The second-order valence-corrected chi connectivity index (χ2v) is 17.9. The maximum atomic E-state index is 12.8. The second kappa shape index (κ2) is 18.0. The molecule has 52 heavy (non-hydrogen) atoms. The Morgan fingerprint density at radius 3 is 1.17 bits per heavy atom. The first kappa shape index (κ1) is 42.0. The predicted octanol–water partition coefficient (Wildman–Crippen LogP) is 10.1. The number of hydrogen-bond acceptors (Lipinski definition) is 8. The minimum atomic E-state index is -0.274. The van der Waals surface area contributed by atoms with Crippen LogP contribution in [0.25, 0.3) is 0 Å². The van der Waals surface area contributed by atoms with E-state index in [0.717, 1.165) is 64.2 Å². The molecule has 8 heteroatoms. The van der Waals surface area contributed by atoms with Crippen molar-refractivity contribution in [3.05, 3.63) is 70.8 Å². The van der Waals surface area contributed by atoms with Gasteiger partial charge in [-0.3, -0.25) is 19.3 Å². The Hall–Kier alpha value is -2.78. The third kappa shape index (κ3) is 11.9. The van der Waals surface area contributed by atoms with Crippen LogP contribution in [-0.4, -0.2) is 56.4 Å². The third-order valence-corrected chi connectivity index (χ3v) is 10.9. The van der Waals surface area contributed by atoms with Crippen molar-refractivity contribution in [2.24, 2.45) is 0 Å². The molecule has 4 rings (SSSR count). The molecule has 0 saturated carbocycles. The number of rotatable bonds is 17. The Morgan fingerprint density at radius 1 is 0.538 bits per heavy atom. The second-order valence-electron chi connectivity index (χ2n) is 17.9. The minimum Gasteiger partial charge on any atom is -0.462 e. The maximum Gasteiger partial charge on any atom is 0.306 e. The number of hydrogen-bond donors (Lipinski definition) is 0. The lowest BCUT2D eigenvalue weighted by molar-refractivity contribution is -0.300. The van der Waals surface area contributed by atoms with E-state index in [0.29, 0.717) is 26.1 Å². The van der Waals surface area contributed by atoms with Crippen molar-refractivity contribution in [1.82, 2.24) is 10.1 Å². The Kier molecular flexibility index (Phi) is 14.6. The number of carbonyl (C=O) groups is 2. The zero-order chi connectivity index (χ0) is 38.2. The highest BCUT2D eigenvalue weighted by molar-refractivity contribution is 5.70. The number of carbonyl (C=O) groups excluding carboxylic acids is 2. The molecule has 2 fully saturated rings. The molecule has 8 nitrogen and oxygen atoms in total. The fourth-order valence-corrected chi connectivity index (χ4v) is 8.76. The Morgan fingerprint density at radius 2 is 0.846 bits per heavy atom. The molecule has 0 atom stereocenters. The Balaban J connectivity index is 1.08. The van der Waals surface area contributed by atoms with E-state index in [9.17, 15) is 9.59 Å². The van der Waals surface area contributed by atoms with E-state index in [-0.39, 0.29) is 46.3 Å². The molecule has 0 amide bonds. The van der Waals surface area contributed by atoms with Gasteiger partial charge in [0.2, 0.25) is 0 Å². The molecule has 2 heterocycles. The summed E-state index contributed by atoms with van der Waals surface area (Å²) in [5, 5.41) is 4.23. The average Bonchev–Trinajstić information content (AvgIpc) is 3.01. The summed E-state index contributed by atoms with van der Waals surface area (Å²) in [6.45, 7) is 22.6. The van der Waals surface area contributed by atoms with Gasteiger partial charge in [-0.05, 0) is 104 Å². The molecule has 0 bridgehead atoms. The fraction of sp³-hybridized carbons (Fsp3) is 0.682. The molecular formula is C44H68N2O6. The number of hydroxylamine groups is 4. The molecule has 290 valence electrons. The van der Waals surface area contributed by atoms with E-state index >= 15 is 0 Å². The first-order valence-electron chi connectivity index (χ1n) is 19.7. The first-order chi connectivity index (χ1) is 24.4. The highest BCUT2D eigenvalue weighted by atomic mass is 16.7. The van der Waals surface area contributed by atoms with Crippen LogP contribution in [0.1, 0.15) is 155 Å². The van der Waals surface area contributed by atoms with Crippen molar-refractivity contribution in [3.8, 4) is 0 Å². The lowest BCUT2D eigenvalue weighted by atomic mass is 9.80. The van der Waals surface area contributed by atoms with Crippen molar-refractivity contribution in [3.63, 3.8) is 0 Å². The normalized spacial score (nSPS) is 20.4. The highest BCUT2D eigenvalue weighted by Crippen LogP contribution is 2.42. The highest BCUT2D eigenvalue weighted by Gasteiger charge is 2.49. The van der Waals surface area contributed by atoms with Gasteiger partial charge >= 0.3 is 11.9 Å². The molecule has 0 N–H and O–H groups in total. The van der Waals surface area contributed by atoms with Gasteiger partial charge in [0, 0.05) is 60.7 Å². The van der Waals surface area contributed by atoms with Crippen LogP contribution in [0.4, 0.5) is 0 Å². The van der Waals surface area contributed by atoms with Gasteiger partial charge in [0.25, 0.3) is 0 Å². The van der Waals surface area contributed by atoms with Gasteiger partial charge in [0.05, 0.1) is 13.2 Å². The zero-order valence-electron chi connectivity index (χ0n) is 34.0. The van der Waals surface area contributed by atoms with Crippen LogP contribution in [0.2, 0.25) is 0 Å². The largest absolute Gasteiger partial charge is 0.462 e. The minimum absolute atomic E-state index is 0.108. The summed E-state index contributed by atoms with van der Waals surface area (Å²) in [5.41, 5.74) is 3.71. The number of unbranched alkanes of at least 4 members (excludes halogenated alkanes) is 5. The molecule has 2 aromatic carbocycles. The Bertz CT molecular complexity index is 1320. The van der Waals surface area contributed by atoms with Crippen molar-refractivity contribution < 1.29 is 28.7 Å². The van der Waals surface area contributed by atoms with Crippen LogP contribution in [-0.2, 0) is 42.0 Å². The fourth-order valence-electron chi connectivity index (χ4n) is 8.76. The van der Waals surface area contributed by atoms with Crippen molar-refractivity contribution in [1.29, 1.82) is 0 Å². The molecule has 2 aliphatic heterocycles. The van der Waals surface area contributed by atoms with Gasteiger partial charge in [0.15, 0.2) is 0 Å². The van der Waals surface area contributed by atoms with Crippen molar-refractivity contribution in [2.75, 3.05) is 0 Å². The van der Waals surface area contributed by atoms with Gasteiger partial charge in [-0.15, -0.1) is 0 Å². The Labute approximate surface area is 314 Å². The van der Waals surface area contributed by atoms with Crippen LogP contribution >= 0.6 is 0 Å². The van der Waals surface area contributed by atoms with Crippen molar-refractivity contribution >= 4 is 11.9 Å². The monoisotopic (exact) mass is 721 g/mol. The standard InChI is InChI=1S/C44H68N2O6/c1-33-21-17-19-23-35(33)31-49-45-41(3,4)27-37(28-42(45,5)6)51-39(47)25-15-13-11-12-14-16-26-40(48)52-38-29-43(7,8)46(44(9,10)30-38)50-32-36-24-20-18-22-34(36)2/h17-24,37-38H,11-16,25-32H2,1-10H3. The molecule has 0 spiro atoms. The molecule has 2 saturated heterocycles.